The SMILES string of the molecule is Cc1ccc(C(=O)O[C@@H](C)C(=O)c2c[nH]c3ccccc23)cc1F. The van der Waals surface area contributed by atoms with E-state index >= 15 is 0 Å². The zero-order chi connectivity index (χ0) is 17.3. The summed E-state index contributed by atoms with van der Waals surface area (Å²) in [4.78, 5) is 27.7. The third-order valence-electron chi connectivity index (χ3n) is 3.92. The number of aromatic nitrogens is 1. The highest BCUT2D eigenvalue weighted by molar-refractivity contribution is 6.10. The molecule has 0 aliphatic heterocycles. The lowest BCUT2D eigenvalue weighted by Gasteiger charge is -2.12. The average molecular weight is 325 g/mol. The van der Waals surface area contributed by atoms with Crippen LogP contribution in [0.3, 0.4) is 0 Å². The maximum atomic E-state index is 13.6. The van der Waals surface area contributed by atoms with E-state index in [9.17, 15) is 14.0 Å². The lowest BCUT2D eigenvalue weighted by Crippen LogP contribution is -2.24. The molecule has 0 fully saturated rings. The molecule has 1 aromatic heterocycles. The Labute approximate surface area is 138 Å². The van der Waals surface area contributed by atoms with Crippen LogP contribution in [-0.2, 0) is 4.74 Å². The van der Waals surface area contributed by atoms with Gasteiger partial charge in [-0.15, -0.1) is 0 Å². The van der Waals surface area contributed by atoms with E-state index in [0.717, 1.165) is 17.0 Å². The van der Waals surface area contributed by atoms with Crippen LogP contribution in [0.15, 0.2) is 48.7 Å². The number of ether oxygens (including phenoxy) is 1. The summed E-state index contributed by atoms with van der Waals surface area (Å²) in [6.45, 7) is 3.11. The topological polar surface area (TPSA) is 59.2 Å². The van der Waals surface area contributed by atoms with Gasteiger partial charge in [-0.05, 0) is 37.6 Å². The number of aryl methyl sites for hydroxylation is 1. The van der Waals surface area contributed by atoms with Gasteiger partial charge in [0.1, 0.15) is 5.82 Å². The molecule has 0 saturated carbocycles. The van der Waals surface area contributed by atoms with Crippen LogP contribution in [0, 0.1) is 12.7 Å². The van der Waals surface area contributed by atoms with Gasteiger partial charge in [-0.3, -0.25) is 4.79 Å². The van der Waals surface area contributed by atoms with E-state index < -0.39 is 17.9 Å². The van der Waals surface area contributed by atoms with Crippen molar-refractivity contribution in [3.63, 3.8) is 0 Å². The number of aromatic amines is 1. The van der Waals surface area contributed by atoms with Crippen LogP contribution in [0.1, 0.15) is 33.2 Å². The summed E-state index contributed by atoms with van der Waals surface area (Å²) in [5.41, 5.74) is 1.81. The first kappa shape index (κ1) is 15.9. The molecule has 4 nitrogen and oxygen atoms in total. The van der Waals surface area contributed by atoms with E-state index in [0.29, 0.717) is 11.1 Å². The Hall–Kier alpha value is -2.95. The van der Waals surface area contributed by atoms with Gasteiger partial charge in [0, 0.05) is 22.7 Å². The molecular formula is C19H16FNO3. The van der Waals surface area contributed by atoms with Gasteiger partial charge >= 0.3 is 5.97 Å². The third kappa shape index (κ3) is 2.93. The molecule has 0 aliphatic carbocycles. The molecule has 0 radical (unpaired) electrons. The van der Waals surface area contributed by atoms with Crippen molar-refractivity contribution in [2.24, 2.45) is 0 Å². The van der Waals surface area contributed by atoms with Crippen molar-refractivity contribution in [1.29, 1.82) is 0 Å². The van der Waals surface area contributed by atoms with Gasteiger partial charge < -0.3 is 9.72 Å². The zero-order valence-corrected chi connectivity index (χ0v) is 13.3. The first-order chi connectivity index (χ1) is 11.5. The second kappa shape index (κ2) is 6.28. The van der Waals surface area contributed by atoms with Crippen LogP contribution in [0.25, 0.3) is 10.9 Å². The van der Waals surface area contributed by atoms with Crippen molar-refractivity contribution in [2.75, 3.05) is 0 Å². The lowest BCUT2D eigenvalue weighted by atomic mass is 10.1. The number of ketones is 1. The standard InChI is InChI=1S/C19H16FNO3/c1-11-7-8-13(9-16(11)20)19(23)24-12(2)18(22)15-10-21-17-6-4-3-5-14(15)17/h3-10,12,21H,1-2H3/t12-/m0/s1. The summed E-state index contributed by atoms with van der Waals surface area (Å²) in [5, 5.41) is 0.770. The maximum Gasteiger partial charge on any atom is 0.338 e. The number of nitrogens with one attached hydrogen (secondary N) is 1. The molecule has 0 spiro atoms. The average Bonchev–Trinajstić information content (AvgIpc) is 3.00. The Kier molecular flexibility index (Phi) is 4.16. The van der Waals surface area contributed by atoms with Gasteiger partial charge in [-0.1, -0.05) is 24.3 Å². The molecule has 2 aromatic carbocycles. The second-order valence-corrected chi connectivity index (χ2v) is 5.62. The van der Waals surface area contributed by atoms with Crippen molar-refractivity contribution < 1.29 is 18.7 Å². The number of carbonyl (C=O) groups is 2. The zero-order valence-electron chi connectivity index (χ0n) is 13.3. The molecule has 0 aliphatic rings. The molecule has 122 valence electrons. The molecule has 1 N–H and O–H groups in total. The minimum Gasteiger partial charge on any atom is -0.451 e. The number of hydrogen-bond acceptors (Lipinski definition) is 3. The molecular weight excluding hydrogens is 309 g/mol. The Morgan fingerprint density at radius 3 is 2.67 bits per heavy atom. The van der Waals surface area contributed by atoms with Crippen LogP contribution < -0.4 is 0 Å². The number of halogens is 1. The molecule has 3 rings (SSSR count). The van der Waals surface area contributed by atoms with Crippen LogP contribution in [-0.4, -0.2) is 22.8 Å². The van der Waals surface area contributed by atoms with Gasteiger partial charge in [0.15, 0.2) is 6.10 Å². The Balaban J connectivity index is 1.78. The summed E-state index contributed by atoms with van der Waals surface area (Å²) in [6.07, 6.45) is 0.629. The molecule has 24 heavy (non-hydrogen) atoms. The molecule has 3 aromatic rings. The van der Waals surface area contributed by atoms with E-state index in [1.165, 1.54) is 19.1 Å². The summed E-state index contributed by atoms with van der Waals surface area (Å²) >= 11 is 0. The molecule has 1 atom stereocenters. The Bertz CT molecular complexity index is 929. The fraction of sp³-hybridized carbons (Fsp3) is 0.158. The number of benzene rings is 2. The molecule has 0 unspecified atom stereocenters. The fourth-order valence-corrected chi connectivity index (χ4v) is 2.50. The number of fused-ring (bicyclic) bond motifs is 1. The van der Waals surface area contributed by atoms with Crippen molar-refractivity contribution in [3.05, 3.63) is 71.2 Å². The van der Waals surface area contributed by atoms with E-state index in [4.69, 9.17) is 4.74 Å². The number of rotatable bonds is 4. The predicted octanol–water partition coefficient (Wildman–Crippen LogP) is 4.04. The highest BCUT2D eigenvalue weighted by Crippen LogP contribution is 2.20. The summed E-state index contributed by atoms with van der Waals surface area (Å²) in [5.74, 6) is -1.52. The largest absolute Gasteiger partial charge is 0.451 e. The normalized spacial score (nSPS) is 12.1. The lowest BCUT2D eigenvalue weighted by molar-refractivity contribution is 0.0319. The molecule has 0 amide bonds. The number of esters is 1. The van der Waals surface area contributed by atoms with Crippen LogP contribution >= 0.6 is 0 Å². The highest BCUT2D eigenvalue weighted by atomic mass is 19.1. The Morgan fingerprint density at radius 1 is 1.17 bits per heavy atom. The minimum absolute atomic E-state index is 0.0803. The molecule has 5 heteroatoms. The Morgan fingerprint density at radius 2 is 1.92 bits per heavy atom. The van der Waals surface area contributed by atoms with Gasteiger partial charge in [0.05, 0.1) is 5.56 Å². The van der Waals surface area contributed by atoms with E-state index in [-0.39, 0.29) is 11.3 Å². The van der Waals surface area contributed by atoms with Gasteiger partial charge in [0.2, 0.25) is 5.78 Å². The smallest absolute Gasteiger partial charge is 0.338 e. The van der Waals surface area contributed by atoms with E-state index in [1.807, 2.05) is 24.3 Å². The van der Waals surface area contributed by atoms with Crippen molar-refractivity contribution in [1.82, 2.24) is 4.98 Å². The van der Waals surface area contributed by atoms with Gasteiger partial charge in [-0.25, -0.2) is 9.18 Å². The summed E-state index contributed by atoms with van der Waals surface area (Å²) in [7, 11) is 0. The maximum absolute atomic E-state index is 13.6. The summed E-state index contributed by atoms with van der Waals surface area (Å²) in [6, 6.07) is 11.5. The highest BCUT2D eigenvalue weighted by Gasteiger charge is 2.23. The van der Waals surface area contributed by atoms with Crippen LogP contribution in [0.4, 0.5) is 4.39 Å². The molecule has 0 bridgehead atoms. The number of Topliss-reactive ketones (excluding diaryl/α,β-unsaturated/α-hetero) is 1. The second-order valence-electron chi connectivity index (χ2n) is 5.62. The quantitative estimate of drug-likeness (QED) is 0.582. The predicted molar refractivity (Wildman–Crippen MR) is 88.6 cm³/mol. The fourth-order valence-electron chi connectivity index (χ4n) is 2.50. The van der Waals surface area contributed by atoms with Crippen LogP contribution in [0.2, 0.25) is 0 Å². The molecule has 0 saturated heterocycles. The summed E-state index contributed by atoms with van der Waals surface area (Å²) < 4.78 is 18.8. The number of hydrogen-bond donors (Lipinski definition) is 1. The molecule has 1 heterocycles. The van der Waals surface area contributed by atoms with Crippen molar-refractivity contribution in [2.45, 2.75) is 20.0 Å². The third-order valence-corrected chi connectivity index (χ3v) is 3.92. The van der Waals surface area contributed by atoms with Gasteiger partial charge in [-0.2, -0.15) is 0 Å². The van der Waals surface area contributed by atoms with E-state index in [1.54, 1.807) is 13.1 Å². The van der Waals surface area contributed by atoms with Crippen molar-refractivity contribution >= 4 is 22.7 Å². The first-order valence-corrected chi connectivity index (χ1v) is 7.55. The van der Waals surface area contributed by atoms with Crippen molar-refractivity contribution in [3.8, 4) is 0 Å². The number of carbonyl (C=O) groups excluding carboxylic acids is 2. The van der Waals surface area contributed by atoms with Gasteiger partial charge in [0.25, 0.3) is 0 Å². The first-order valence-electron chi connectivity index (χ1n) is 7.55. The van der Waals surface area contributed by atoms with E-state index in [2.05, 4.69) is 4.98 Å². The number of para-hydroxylation sites is 1. The monoisotopic (exact) mass is 325 g/mol. The number of H-pyrrole nitrogens is 1. The minimum atomic E-state index is -0.971. The van der Waals surface area contributed by atoms with Crippen LogP contribution in [0.5, 0.6) is 0 Å².